The van der Waals surface area contributed by atoms with Crippen LogP contribution in [0.5, 0.6) is 0 Å². The summed E-state index contributed by atoms with van der Waals surface area (Å²) < 4.78 is 2.19. The van der Waals surface area contributed by atoms with E-state index in [0.717, 1.165) is 23.5 Å². The maximum Gasteiger partial charge on any atom is 0.326 e. The van der Waals surface area contributed by atoms with E-state index in [1.54, 1.807) is 11.3 Å². The first kappa shape index (κ1) is 14.9. The van der Waals surface area contributed by atoms with E-state index < -0.39 is 0 Å². The number of hydrogen-bond acceptors (Lipinski definition) is 2. The number of amides is 2. The molecule has 0 spiro atoms. The lowest BCUT2D eigenvalue weighted by molar-refractivity contribution is -0.597. The van der Waals surface area contributed by atoms with Crippen LogP contribution in [-0.4, -0.2) is 12.1 Å². The molecule has 0 radical (unpaired) electrons. The maximum absolute atomic E-state index is 13.0. The zero-order valence-electron chi connectivity index (χ0n) is 13.3. The third-order valence-corrected chi connectivity index (χ3v) is 5.13. The summed E-state index contributed by atoms with van der Waals surface area (Å²) in [7, 11) is 0. The Morgan fingerprint density at radius 3 is 2.75 bits per heavy atom. The van der Waals surface area contributed by atoms with Gasteiger partial charge in [0, 0.05) is 17.8 Å². The number of fused-ring (bicyclic) bond motifs is 3. The molecule has 1 aromatic heterocycles. The Morgan fingerprint density at radius 1 is 1.17 bits per heavy atom. The molecule has 0 fully saturated rings. The standard InChI is InChI=1S/C19H17N3OS/c1-14-13-18-21(11-12-24-18)16-9-5-6-10-17(16)22(14)19(23)20-15-7-3-2-4-8-15/h2-12,14H,13H2,1H3/p+1/t14-/m1/s1. The van der Waals surface area contributed by atoms with E-state index >= 15 is 0 Å². The molecular formula is C19H18N3OS+. The van der Waals surface area contributed by atoms with Gasteiger partial charge < -0.3 is 5.32 Å². The number of nitrogens with one attached hydrogen (secondary N) is 1. The van der Waals surface area contributed by atoms with Gasteiger partial charge in [0.15, 0.2) is 6.20 Å². The number of urea groups is 1. The third-order valence-electron chi connectivity index (χ3n) is 4.24. The Hall–Kier alpha value is -2.66. The van der Waals surface area contributed by atoms with Crippen molar-refractivity contribution in [1.82, 2.24) is 0 Å². The van der Waals surface area contributed by atoms with Crippen molar-refractivity contribution in [2.75, 3.05) is 10.2 Å². The van der Waals surface area contributed by atoms with Crippen molar-refractivity contribution in [3.05, 3.63) is 71.2 Å². The lowest BCUT2D eigenvalue weighted by Crippen LogP contribution is -2.42. The highest BCUT2D eigenvalue weighted by atomic mass is 32.1. The number of nitrogens with zero attached hydrogens (tertiary/aromatic N) is 2. The number of benzene rings is 2. The zero-order valence-corrected chi connectivity index (χ0v) is 14.2. The lowest BCUT2D eigenvalue weighted by atomic mass is 10.2. The second-order valence-corrected chi connectivity index (χ2v) is 6.85. The van der Waals surface area contributed by atoms with E-state index in [-0.39, 0.29) is 12.1 Å². The highest BCUT2D eigenvalue weighted by Crippen LogP contribution is 2.29. The summed E-state index contributed by atoms with van der Waals surface area (Å²) in [5, 5.41) is 6.36. The van der Waals surface area contributed by atoms with Crippen LogP contribution in [0.3, 0.4) is 0 Å². The predicted octanol–water partition coefficient (Wildman–Crippen LogP) is 4.01. The normalized spacial score (nSPS) is 16.0. The van der Waals surface area contributed by atoms with Gasteiger partial charge in [0.2, 0.25) is 10.7 Å². The Labute approximate surface area is 145 Å². The van der Waals surface area contributed by atoms with Crippen LogP contribution >= 0.6 is 11.3 Å². The first-order valence-electron chi connectivity index (χ1n) is 7.97. The molecular weight excluding hydrogens is 318 g/mol. The second-order valence-electron chi connectivity index (χ2n) is 5.87. The number of carbonyl (C=O) groups excluding carboxylic acids is 1. The first-order valence-corrected chi connectivity index (χ1v) is 8.84. The zero-order chi connectivity index (χ0) is 16.5. The van der Waals surface area contributed by atoms with Gasteiger partial charge in [-0.25, -0.2) is 4.79 Å². The number of thiazole rings is 1. The van der Waals surface area contributed by atoms with Crippen molar-refractivity contribution < 1.29 is 9.36 Å². The Kier molecular flexibility index (Phi) is 3.78. The molecule has 4 rings (SSSR count). The first-order chi connectivity index (χ1) is 11.7. The number of anilines is 2. The van der Waals surface area contributed by atoms with Crippen molar-refractivity contribution in [3.8, 4) is 5.69 Å². The molecule has 1 aliphatic heterocycles. The fourth-order valence-electron chi connectivity index (χ4n) is 3.14. The third kappa shape index (κ3) is 2.57. The van der Waals surface area contributed by atoms with E-state index in [9.17, 15) is 4.79 Å². The summed E-state index contributed by atoms with van der Waals surface area (Å²) >= 11 is 1.73. The molecule has 24 heavy (non-hydrogen) atoms. The summed E-state index contributed by atoms with van der Waals surface area (Å²) in [5.41, 5.74) is 2.78. The van der Waals surface area contributed by atoms with E-state index in [4.69, 9.17) is 0 Å². The van der Waals surface area contributed by atoms with Gasteiger partial charge >= 0.3 is 6.03 Å². The number of para-hydroxylation sites is 3. The van der Waals surface area contributed by atoms with Crippen molar-refractivity contribution in [2.45, 2.75) is 19.4 Å². The fourth-order valence-corrected chi connectivity index (χ4v) is 4.09. The average molecular weight is 336 g/mol. The van der Waals surface area contributed by atoms with Gasteiger partial charge in [-0.05, 0) is 25.1 Å². The van der Waals surface area contributed by atoms with E-state index in [1.807, 2.05) is 53.4 Å². The molecule has 0 saturated carbocycles. The van der Waals surface area contributed by atoms with Crippen LogP contribution in [0.2, 0.25) is 0 Å². The van der Waals surface area contributed by atoms with Gasteiger partial charge in [-0.2, -0.15) is 4.57 Å². The summed E-state index contributed by atoms with van der Waals surface area (Å²) in [4.78, 5) is 14.8. The summed E-state index contributed by atoms with van der Waals surface area (Å²) in [5.74, 6) is 0. The van der Waals surface area contributed by atoms with Crippen LogP contribution in [0.15, 0.2) is 66.2 Å². The molecule has 5 heteroatoms. The maximum atomic E-state index is 13.0. The van der Waals surface area contributed by atoms with E-state index in [0.29, 0.717) is 0 Å². The quantitative estimate of drug-likeness (QED) is 0.670. The lowest BCUT2D eigenvalue weighted by Gasteiger charge is -2.26. The van der Waals surface area contributed by atoms with E-state index in [1.165, 1.54) is 5.01 Å². The molecule has 1 atom stereocenters. The smallest absolute Gasteiger partial charge is 0.308 e. The Balaban J connectivity index is 1.75. The summed E-state index contributed by atoms with van der Waals surface area (Å²) in [6, 6.07) is 17.6. The minimum atomic E-state index is -0.100. The van der Waals surface area contributed by atoms with Crippen LogP contribution in [-0.2, 0) is 6.42 Å². The van der Waals surface area contributed by atoms with Crippen molar-refractivity contribution >= 4 is 28.7 Å². The Morgan fingerprint density at radius 2 is 1.92 bits per heavy atom. The molecule has 4 nitrogen and oxygen atoms in total. The summed E-state index contributed by atoms with van der Waals surface area (Å²) in [6.45, 7) is 2.09. The highest BCUT2D eigenvalue weighted by Gasteiger charge is 2.34. The van der Waals surface area contributed by atoms with Gasteiger partial charge in [-0.3, -0.25) is 4.90 Å². The van der Waals surface area contributed by atoms with Gasteiger partial charge in [0.05, 0.1) is 11.8 Å². The molecule has 120 valence electrons. The van der Waals surface area contributed by atoms with Gasteiger partial charge in [0.25, 0.3) is 0 Å². The fraction of sp³-hybridized carbons (Fsp3) is 0.158. The minimum Gasteiger partial charge on any atom is -0.308 e. The van der Waals surface area contributed by atoms with Crippen LogP contribution in [0.4, 0.5) is 16.2 Å². The summed E-state index contributed by atoms with van der Waals surface area (Å²) in [6.07, 6.45) is 2.90. The van der Waals surface area contributed by atoms with Crippen molar-refractivity contribution in [2.24, 2.45) is 0 Å². The minimum absolute atomic E-state index is 0.0715. The SMILES string of the molecule is C[C@@H]1Cc2scc[n+]2-c2ccccc2N1C(=O)Nc1ccccc1. The van der Waals surface area contributed by atoms with Crippen molar-refractivity contribution in [3.63, 3.8) is 0 Å². The number of carbonyl (C=O) groups is 1. The van der Waals surface area contributed by atoms with Crippen LogP contribution in [0.1, 0.15) is 11.9 Å². The molecule has 1 N–H and O–H groups in total. The molecule has 0 aliphatic carbocycles. The molecule has 2 amide bonds. The molecule has 0 saturated heterocycles. The van der Waals surface area contributed by atoms with Crippen LogP contribution in [0, 0.1) is 0 Å². The monoisotopic (exact) mass is 336 g/mol. The van der Waals surface area contributed by atoms with Gasteiger partial charge in [-0.15, -0.1) is 0 Å². The number of hydrogen-bond donors (Lipinski definition) is 1. The molecule has 1 aliphatic rings. The molecule has 0 unspecified atom stereocenters. The second kappa shape index (κ2) is 6.09. The van der Waals surface area contributed by atoms with E-state index in [2.05, 4.69) is 34.5 Å². The molecule has 2 aromatic carbocycles. The number of aromatic nitrogens is 1. The van der Waals surface area contributed by atoms with Crippen molar-refractivity contribution in [1.29, 1.82) is 0 Å². The predicted molar refractivity (Wildman–Crippen MR) is 97.0 cm³/mol. The number of rotatable bonds is 1. The highest BCUT2D eigenvalue weighted by molar-refractivity contribution is 7.09. The van der Waals surface area contributed by atoms with Crippen LogP contribution in [0.25, 0.3) is 5.69 Å². The largest absolute Gasteiger partial charge is 0.326 e. The Bertz CT molecular complexity index is 875. The molecule has 3 aromatic rings. The van der Waals surface area contributed by atoms with Crippen LogP contribution < -0.4 is 14.8 Å². The van der Waals surface area contributed by atoms with Gasteiger partial charge in [-0.1, -0.05) is 41.7 Å². The molecule has 2 heterocycles. The topological polar surface area (TPSA) is 36.2 Å². The molecule has 0 bridgehead atoms. The van der Waals surface area contributed by atoms with Gasteiger partial charge in [0.1, 0.15) is 5.69 Å². The average Bonchev–Trinajstić information content (AvgIpc) is 3.00.